The van der Waals surface area contributed by atoms with Crippen LogP contribution in [-0.4, -0.2) is 23.0 Å². The summed E-state index contributed by atoms with van der Waals surface area (Å²) >= 11 is 6.20. The Hall–Kier alpha value is -2.56. The molecule has 28 heavy (non-hydrogen) atoms. The van der Waals surface area contributed by atoms with E-state index in [0.717, 1.165) is 23.2 Å². The predicted molar refractivity (Wildman–Crippen MR) is 114 cm³/mol. The van der Waals surface area contributed by atoms with E-state index in [4.69, 9.17) is 22.1 Å². The first-order chi connectivity index (χ1) is 13.7. The smallest absolute Gasteiger partial charge is 0.166 e. The molecule has 1 aliphatic rings. The van der Waals surface area contributed by atoms with Gasteiger partial charge in [-0.3, -0.25) is 4.90 Å². The second kappa shape index (κ2) is 8.63. The molecule has 2 heterocycles. The Balaban J connectivity index is 1.47. The van der Waals surface area contributed by atoms with Crippen molar-refractivity contribution >= 4 is 17.4 Å². The SMILES string of the molecule is Nc1ncc(-c2ccc(CN3CCCC3)cc2)cc1OCc1ccccc1Cl. The number of aromatic nitrogens is 1. The lowest BCUT2D eigenvalue weighted by Gasteiger charge is -2.15. The highest BCUT2D eigenvalue weighted by Gasteiger charge is 2.12. The van der Waals surface area contributed by atoms with Crippen molar-refractivity contribution in [2.75, 3.05) is 18.8 Å². The molecule has 1 saturated heterocycles. The summed E-state index contributed by atoms with van der Waals surface area (Å²) in [7, 11) is 0. The highest BCUT2D eigenvalue weighted by molar-refractivity contribution is 6.31. The molecule has 5 heteroatoms. The fraction of sp³-hybridized carbons (Fsp3) is 0.261. The molecule has 1 aromatic heterocycles. The fourth-order valence-corrected chi connectivity index (χ4v) is 3.69. The normalized spacial score (nSPS) is 14.3. The van der Waals surface area contributed by atoms with Crippen LogP contribution in [0.5, 0.6) is 5.75 Å². The molecule has 0 amide bonds. The van der Waals surface area contributed by atoms with E-state index in [9.17, 15) is 0 Å². The molecule has 0 bridgehead atoms. The van der Waals surface area contributed by atoms with Crippen LogP contribution in [0.25, 0.3) is 11.1 Å². The number of hydrogen-bond donors (Lipinski definition) is 1. The van der Waals surface area contributed by atoms with Gasteiger partial charge in [0.25, 0.3) is 0 Å². The molecule has 0 unspecified atom stereocenters. The van der Waals surface area contributed by atoms with Gasteiger partial charge in [0.05, 0.1) is 0 Å². The van der Waals surface area contributed by atoms with Crippen molar-refractivity contribution in [1.82, 2.24) is 9.88 Å². The molecule has 0 aliphatic carbocycles. The Labute approximate surface area is 170 Å². The van der Waals surface area contributed by atoms with E-state index in [1.54, 1.807) is 6.20 Å². The lowest BCUT2D eigenvalue weighted by molar-refractivity contribution is 0.307. The Morgan fingerprint density at radius 2 is 1.75 bits per heavy atom. The van der Waals surface area contributed by atoms with Gasteiger partial charge in [-0.15, -0.1) is 0 Å². The van der Waals surface area contributed by atoms with Gasteiger partial charge in [0.2, 0.25) is 0 Å². The Kier molecular flexibility index (Phi) is 5.79. The summed E-state index contributed by atoms with van der Waals surface area (Å²) in [6, 6.07) is 18.2. The zero-order valence-corrected chi connectivity index (χ0v) is 16.5. The molecule has 1 aliphatic heterocycles. The molecule has 3 aromatic rings. The van der Waals surface area contributed by atoms with Crippen molar-refractivity contribution in [3.05, 3.63) is 76.9 Å². The molecule has 0 atom stereocenters. The van der Waals surface area contributed by atoms with Gasteiger partial charge in [-0.1, -0.05) is 54.1 Å². The number of rotatable bonds is 6. The summed E-state index contributed by atoms with van der Waals surface area (Å²) in [6.07, 6.45) is 4.41. The Bertz CT molecular complexity index is 937. The van der Waals surface area contributed by atoms with Gasteiger partial charge in [-0.05, 0) is 49.2 Å². The molecular weight excluding hydrogens is 370 g/mol. The van der Waals surface area contributed by atoms with Crippen LogP contribution in [0.3, 0.4) is 0 Å². The lowest BCUT2D eigenvalue weighted by atomic mass is 10.1. The number of ether oxygens (including phenoxy) is 1. The van der Waals surface area contributed by atoms with E-state index in [-0.39, 0.29) is 0 Å². The zero-order chi connectivity index (χ0) is 19.3. The molecule has 2 aromatic carbocycles. The second-order valence-electron chi connectivity index (χ2n) is 7.17. The number of nitrogens with zero attached hydrogens (tertiary/aromatic N) is 2. The first-order valence-corrected chi connectivity index (χ1v) is 10.0. The van der Waals surface area contributed by atoms with Gasteiger partial charge in [-0.25, -0.2) is 4.98 Å². The summed E-state index contributed by atoms with van der Waals surface area (Å²) < 4.78 is 5.90. The maximum atomic E-state index is 6.20. The van der Waals surface area contributed by atoms with E-state index < -0.39 is 0 Å². The van der Waals surface area contributed by atoms with Gasteiger partial charge < -0.3 is 10.5 Å². The molecule has 0 saturated carbocycles. The maximum Gasteiger partial charge on any atom is 0.166 e. The van der Waals surface area contributed by atoms with Crippen LogP contribution >= 0.6 is 11.6 Å². The van der Waals surface area contributed by atoms with Crippen LogP contribution in [0.2, 0.25) is 5.02 Å². The number of nitrogen functional groups attached to an aromatic ring is 1. The van der Waals surface area contributed by atoms with E-state index in [1.807, 2.05) is 30.3 Å². The number of anilines is 1. The largest absolute Gasteiger partial charge is 0.485 e. The van der Waals surface area contributed by atoms with Gasteiger partial charge in [0.1, 0.15) is 6.61 Å². The van der Waals surface area contributed by atoms with Crippen LogP contribution in [0, 0.1) is 0 Å². The van der Waals surface area contributed by atoms with E-state index in [0.29, 0.717) is 23.2 Å². The second-order valence-corrected chi connectivity index (χ2v) is 7.57. The average Bonchev–Trinajstić information content (AvgIpc) is 3.22. The van der Waals surface area contributed by atoms with Crippen LogP contribution in [0.4, 0.5) is 5.82 Å². The molecule has 1 fully saturated rings. The molecule has 0 spiro atoms. The van der Waals surface area contributed by atoms with E-state index >= 15 is 0 Å². The number of benzene rings is 2. The van der Waals surface area contributed by atoms with Crippen molar-refractivity contribution in [2.45, 2.75) is 26.0 Å². The predicted octanol–water partition coefficient (Wildman–Crippen LogP) is 5.16. The van der Waals surface area contributed by atoms with Gasteiger partial charge in [0, 0.05) is 28.9 Å². The Morgan fingerprint density at radius 3 is 2.50 bits per heavy atom. The Morgan fingerprint density at radius 1 is 1.00 bits per heavy atom. The quantitative estimate of drug-likeness (QED) is 0.628. The molecule has 2 N–H and O–H groups in total. The minimum Gasteiger partial charge on any atom is -0.485 e. The van der Waals surface area contributed by atoms with Crippen molar-refractivity contribution in [3.63, 3.8) is 0 Å². The van der Waals surface area contributed by atoms with Gasteiger partial charge in [0.15, 0.2) is 11.6 Å². The first-order valence-electron chi connectivity index (χ1n) is 9.62. The number of pyridine rings is 1. The summed E-state index contributed by atoms with van der Waals surface area (Å²) in [5.74, 6) is 0.944. The highest BCUT2D eigenvalue weighted by Crippen LogP contribution is 2.29. The van der Waals surface area contributed by atoms with Crippen LogP contribution in [-0.2, 0) is 13.2 Å². The lowest BCUT2D eigenvalue weighted by Crippen LogP contribution is -2.18. The fourth-order valence-electron chi connectivity index (χ4n) is 3.50. The molecular formula is C23H24ClN3O. The van der Waals surface area contributed by atoms with Crippen molar-refractivity contribution in [3.8, 4) is 16.9 Å². The maximum absolute atomic E-state index is 6.20. The van der Waals surface area contributed by atoms with Crippen molar-refractivity contribution in [1.29, 1.82) is 0 Å². The number of nitrogens with two attached hydrogens (primary N) is 1. The van der Waals surface area contributed by atoms with Crippen molar-refractivity contribution < 1.29 is 4.74 Å². The molecule has 4 nitrogen and oxygen atoms in total. The number of likely N-dealkylation sites (tertiary alicyclic amines) is 1. The van der Waals surface area contributed by atoms with Crippen LogP contribution in [0.1, 0.15) is 24.0 Å². The van der Waals surface area contributed by atoms with E-state index in [2.05, 4.69) is 34.1 Å². The summed E-state index contributed by atoms with van der Waals surface area (Å²) in [5, 5.41) is 0.679. The minimum absolute atomic E-state index is 0.351. The average molecular weight is 394 g/mol. The minimum atomic E-state index is 0.351. The third-order valence-electron chi connectivity index (χ3n) is 5.11. The standard InChI is InChI=1S/C23H24ClN3O/c24-21-6-2-1-5-19(21)16-28-22-13-20(14-26-23(22)25)18-9-7-17(8-10-18)15-27-11-3-4-12-27/h1-2,5-10,13-14H,3-4,11-12,15-16H2,(H2,25,26). The van der Waals surface area contributed by atoms with Crippen LogP contribution in [0.15, 0.2) is 60.8 Å². The summed E-state index contributed by atoms with van der Waals surface area (Å²) in [4.78, 5) is 6.81. The number of hydrogen-bond acceptors (Lipinski definition) is 4. The van der Waals surface area contributed by atoms with Crippen molar-refractivity contribution in [2.24, 2.45) is 0 Å². The third-order valence-corrected chi connectivity index (χ3v) is 5.48. The summed E-state index contributed by atoms with van der Waals surface area (Å²) in [6.45, 7) is 3.78. The monoisotopic (exact) mass is 393 g/mol. The molecule has 4 rings (SSSR count). The zero-order valence-electron chi connectivity index (χ0n) is 15.8. The number of halogens is 1. The van der Waals surface area contributed by atoms with E-state index in [1.165, 1.54) is 31.5 Å². The topological polar surface area (TPSA) is 51.4 Å². The van der Waals surface area contributed by atoms with Crippen LogP contribution < -0.4 is 10.5 Å². The highest BCUT2D eigenvalue weighted by atomic mass is 35.5. The summed E-state index contributed by atoms with van der Waals surface area (Å²) in [5.41, 5.74) is 10.3. The van der Waals surface area contributed by atoms with Gasteiger partial charge in [-0.2, -0.15) is 0 Å². The molecule has 144 valence electrons. The third kappa shape index (κ3) is 4.46. The van der Waals surface area contributed by atoms with Gasteiger partial charge >= 0.3 is 0 Å². The first kappa shape index (κ1) is 18.8. The molecule has 0 radical (unpaired) electrons.